The van der Waals surface area contributed by atoms with Gasteiger partial charge in [0.1, 0.15) is 24.4 Å². The Morgan fingerprint density at radius 1 is 0.451 bits per heavy atom. The Balaban J connectivity index is 1.91. The molecule has 11 nitrogen and oxygen atoms in total. The van der Waals surface area contributed by atoms with Crippen molar-refractivity contribution >= 4 is 11.9 Å². The van der Waals surface area contributed by atoms with Crippen LogP contribution in [0.15, 0.2) is 48.6 Å². The van der Waals surface area contributed by atoms with Crippen molar-refractivity contribution in [2.24, 2.45) is 0 Å². The quantitative estimate of drug-likeness (QED) is 0.0195. The molecule has 1 fully saturated rings. The number of unbranched alkanes of at least 4 members (excludes halogenated alkanes) is 41. The zero-order valence-corrected chi connectivity index (χ0v) is 53.2. The third-order valence-corrected chi connectivity index (χ3v) is 16.4. The SMILES string of the molecule is CCCC/C=C\C/C=C\CCCCCCCC(=O)OCCCCCCCCCCCCCC/C=C\CCCCCCCCCCCCCCCCCC(=O)NC(COC1OC(CO)C(O)C(O)C1O)C(O)/C=C/CCCCCCCCC. The van der Waals surface area contributed by atoms with E-state index in [0.29, 0.717) is 19.4 Å². The molecule has 0 aromatic heterocycles. The summed E-state index contributed by atoms with van der Waals surface area (Å²) < 4.78 is 16.7. The van der Waals surface area contributed by atoms with E-state index in [1.54, 1.807) is 6.08 Å². The van der Waals surface area contributed by atoms with Crippen LogP contribution in [-0.4, -0.2) is 100 Å². The van der Waals surface area contributed by atoms with Gasteiger partial charge in [-0.2, -0.15) is 0 Å². The number of hydrogen-bond donors (Lipinski definition) is 6. The maximum atomic E-state index is 13.0. The third kappa shape index (κ3) is 48.8. The average Bonchev–Trinajstić information content (AvgIpc) is 3.64. The molecule has 82 heavy (non-hydrogen) atoms. The summed E-state index contributed by atoms with van der Waals surface area (Å²) in [6.45, 7) is 4.29. The van der Waals surface area contributed by atoms with Gasteiger partial charge in [0.25, 0.3) is 0 Å². The summed E-state index contributed by atoms with van der Waals surface area (Å²) in [5.41, 5.74) is 0. The largest absolute Gasteiger partial charge is 0.466 e. The van der Waals surface area contributed by atoms with E-state index in [4.69, 9.17) is 14.2 Å². The number of amides is 1. The number of esters is 1. The van der Waals surface area contributed by atoms with Gasteiger partial charge in [-0.05, 0) is 83.5 Å². The molecule has 7 unspecified atom stereocenters. The maximum absolute atomic E-state index is 13.0. The minimum atomic E-state index is -1.57. The van der Waals surface area contributed by atoms with Crippen LogP contribution in [-0.2, 0) is 23.8 Å². The van der Waals surface area contributed by atoms with Crippen molar-refractivity contribution in [1.82, 2.24) is 5.32 Å². The van der Waals surface area contributed by atoms with Gasteiger partial charge in [-0.15, -0.1) is 0 Å². The van der Waals surface area contributed by atoms with Crippen LogP contribution < -0.4 is 5.32 Å². The first-order chi connectivity index (χ1) is 40.2. The number of rotatable bonds is 61. The summed E-state index contributed by atoms with van der Waals surface area (Å²) >= 11 is 0. The molecule has 0 aliphatic carbocycles. The molecular formula is C71H131NO10. The molecule has 1 heterocycles. The summed E-state index contributed by atoms with van der Waals surface area (Å²) in [6, 6.07) is -0.807. The predicted molar refractivity (Wildman–Crippen MR) is 343 cm³/mol. The van der Waals surface area contributed by atoms with Crippen LogP contribution >= 0.6 is 0 Å². The number of allylic oxidation sites excluding steroid dienone is 7. The van der Waals surface area contributed by atoms with E-state index in [2.05, 4.69) is 55.6 Å². The zero-order chi connectivity index (χ0) is 59.5. The molecule has 0 bridgehead atoms. The fourth-order valence-electron chi connectivity index (χ4n) is 10.9. The third-order valence-electron chi connectivity index (χ3n) is 16.4. The van der Waals surface area contributed by atoms with Gasteiger partial charge >= 0.3 is 5.97 Å². The highest BCUT2D eigenvalue weighted by molar-refractivity contribution is 5.76. The molecule has 11 heteroatoms. The van der Waals surface area contributed by atoms with E-state index in [-0.39, 0.29) is 18.5 Å². The Hall–Kier alpha value is -2.38. The van der Waals surface area contributed by atoms with Gasteiger partial charge in [0, 0.05) is 12.8 Å². The van der Waals surface area contributed by atoms with E-state index in [9.17, 15) is 35.1 Å². The molecule has 0 spiro atoms. The van der Waals surface area contributed by atoms with Crippen LogP contribution in [0.2, 0.25) is 0 Å². The maximum Gasteiger partial charge on any atom is 0.305 e. The Kier molecular flexibility index (Phi) is 57.1. The fourth-order valence-corrected chi connectivity index (χ4v) is 10.9. The van der Waals surface area contributed by atoms with Gasteiger partial charge in [0.05, 0.1) is 32.0 Å². The second-order valence-corrected chi connectivity index (χ2v) is 24.2. The number of hydrogen-bond acceptors (Lipinski definition) is 10. The minimum Gasteiger partial charge on any atom is -0.466 e. The topological polar surface area (TPSA) is 175 Å². The molecule has 0 radical (unpaired) electrons. The van der Waals surface area contributed by atoms with Crippen molar-refractivity contribution < 1.29 is 49.3 Å². The highest BCUT2D eigenvalue weighted by atomic mass is 16.7. The normalized spacial score (nSPS) is 18.5. The van der Waals surface area contributed by atoms with Crippen LogP contribution in [0.3, 0.4) is 0 Å². The predicted octanol–water partition coefficient (Wildman–Crippen LogP) is 17.6. The Morgan fingerprint density at radius 3 is 1.28 bits per heavy atom. The van der Waals surface area contributed by atoms with Gasteiger partial charge in [0.2, 0.25) is 5.91 Å². The summed E-state index contributed by atoms with van der Waals surface area (Å²) in [5, 5.41) is 54.3. The molecule has 1 saturated heterocycles. The summed E-state index contributed by atoms with van der Waals surface area (Å²) in [7, 11) is 0. The van der Waals surface area contributed by atoms with E-state index in [0.717, 1.165) is 64.2 Å². The summed E-state index contributed by atoms with van der Waals surface area (Å²) in [4.78, 5) is 25.1. The summed E-state index contributed by atoms with van der Waals surface area (Å²) in [6.07, 6.45) is 68.3. The lowest BCUT2D eigenvalue weighted by Gasteiger charge is -2.40. The van der Waals surface area contributed by atoms with Gasteiger partial charge in [0.15, 0.2) is 6.29 Å². The first-order valence-corrected chi connectivity index (χ1v) is 34.9. The lowest BCUT2D eigenvalue weighted by Crippen LogP contribution is -2.60. The molecule has 0 aromatic carbocycles. The highest BCUT2D eigenvalue weighted by Crippen LogP contribution is 2.23. The molecule has 480 valence electrons. The molecule has 1 rings (SSSR count). The number of carbonyl (C=O) groups excluding carboxylic acids is 2. The molecule has 1 aliphatic heterocycles. The number of nitrogens with one attached hydrogen (secondary N) is 1. The first kappa shape index (κ1) is 77.6. The van der Waals surface area contributed by atoms with E-state index < -0.39 is 49.5 Å². The zero-order valence-electron chi connectivity index (χ0n) is 53.2. The fraction of sp³-hybridized carbons (Fsp3) is 0.859. The van der Waals surface area contributed by atoms with Crippen LogP contribution in [0.1, 0.15) is 328 Å². The van der Waals surface area contributed by atoms with Gasteiger partial charge in [-0.3, -0.25) is 9.59 Å². The van der Waals surface area contributed by atoms with Crippen LogP contribution in [0.5, 0.6) is 0 Å². The average molecular weight is 1160 g/mol. The second-order valence-electron chi connectivity index (χ2n) is 24.2. The number of aliphatic hydroxyl groups is 5. The Bertz CT molecular complexity index is 1500. The molecule has 0 aromatic rings. The number of carbonyl (C=O) groups is 2. The number of aliphatic hydroxyl groups excluding tert-OH is 5. The molecule has 0 saturated carbocycles. The molecule has 1 aliphatic rings. The second kappa shape index (κ2) is 60.3. The van der Waals surface area contributed by atoms with Crippen LogP contribution in [0, 0.1) is 0 Å². The van der Waals surface area contributed by atoms with Gasteiger partial charge in [-0.1, -0.05) is 281 Å². The monoisotopic (exact) mass is 1160 g/mol. The van der Waals surface area contributed by atoms with Crippen molar-refractivity contribution in [3.63, 3.8) is 0 Å². The minimum absolute atomic E-state index is 0.00510. The molecule has 1 amide bonds. The molecular weight excluding hydrogens is 1030 g/mol. The first-order valence-electron chi connectivity index (χ1n) is 34.9. The number of ether oxygens (including phenoxy) is 3. The van der Waals surface area contributed by atoms with Crippen molar-refractivity contribution in [1.29, 1.82) is 0 Å². The lowest BCUT2D eigenvalue weighted by atomic mass is 9.99. The van der Waals surface area contributed by atoms with Crippen molar-refractivity contribution in [3.8, 4) is 0 Å². The van der Waals surface area contributed by atoms with Crippen LogP contribution in [0.25, 0.3) is 0 Å². The van der Waals surface area contributed by atoms with Crippen molar-refractivity contribution in [2.75, 3.05) is 19.8 Å². The highest BCUT2D eigenvalue weighted by Gasteiger charge is 2.44. The van der Waals surface area contributed by atoms with Crippen LogP contribution in [0.4, 0.5) is 0 Å². The van der Waals surface area contributed by atoms with Crippen molar-refractivity contribution in [3.05, 3.63) is 48.6 Å². The lowest BCUT2D eigenvalue weighted by molar-refractivity contribution is -0.302. The summed E-state index contributed by atoms with van der Waals surface area (Å²) in [5.74, 6) is -0.186. The standard InChI is InChI=1S/C71H131NO10/c1-3-5-7-9-11-13-14-15-36-39-43-47-51-55-59-67(76)80-60-56-52-48-44-40-37-34-32-30-28-26-24-22-20-18-16-17-19-21-23-25-27-29-31-33-35-38-42-46-50-54-58-66(75)72-63(64(74)57-53-49-45-41-12-10-8-6-4-2)62-81-71-70(79)69(78)68(77)65(61-73)82-71/h9,11,14-15,18,20,53,57,63-65,68-71,73-74,77-79H,3-8,10,12-13,16-17,19,21-52,54-56,58-62H2,1-2H3,(H,72,75)/b11-9-,15-14-,20-18-,57-53+. The van der Waals surface area contributed by atoms with Gasteiger partial charge in [-0.25, -0.2) is 0 Å². The smallest absolute Gasteiger partial charge is 0.305 e. The molecule has 7 atom stereocenters. The van der Waals surface area contributed by atoms with Crippen molar-refractivity contribution in [2.45, 2.75) is 371 Å². The van der Waals surface area contributed by atoms with Gasteiger partial charge < -0.3 is 45.1 Å². The van der Waals surface area contributed by atoms with E-state index in [1.165, 1.54) is 238 Å². The molecule has 6 N–H and O–H groups in total. The van der Waals surface area contributed by atoms with E-state index in [1.807, 2.05) is 6.08 Å². The Labute approximate surface area is 504 Å². The Morgan fingerprint density at radius 2 is 0.829 bits per heavy atom. The van der Waals surface area contributed by atoms with E-state index >= 15 is 0 Å².